The molecule has 0 bridgehead atoms. The van der Waals surface area contributed by atoms with Gasteiger partial charge in [0.1, 0.15) is 11.0 Å². The lowest BCUT2D eigenvalue weighted by atomic mass is 10.2. The molecule has 4 rings (SSSR count). The number of amides is 1. The summed E-state index contributed by atoms with van der Waals surface area (Å²) in [6, 6.07) is 5.78. The topological polar surface area (TPSA) is 76.4 Å². The van der Waals surface area contributed by atoms with Gasteiger partial charge in [-0.25, -0.2) is 9.07 Å². The van der Waals surface area contributed by atoms with Gasteiger partial charge in [-0.3, -0.25) is 9.78 Å². The zero-order valence-electron chi connectivity index (χ0n) is 16.5. The normalized spacial score (nSPS) is 14.1. The predicted octanol–water partition coefficient (Wildman–Crippen LogP) is 2.73. The van der Waals surface area contributed by atoms with Crippen LogP contribution in [0.2, 0.25) is 5.15 Å². The zero-order valence-corrected chi connectivity index (χ0v) is 17.3. The zero-order chi connectivity index (χ0) is 21.3. The van der Waals surface area contributed by atoms with Crippen molar-refractivity contribution >= 4 is 23.3 Å². The lowest BCUT2D eigenvalue weighted by Crippen LogP contribution is -2.49. The fraction of sp³-hybridized carbons (Fsp3) is 0.300. The largest absolute Gasteiger partial charge is 0.480 e. The number of piperazine rings is 1. The van der Waals surface area contributed by atoms with Crippen molar-refractivity contribution in [2.24, 2.45) is 0 Å². The van der Waals surface area contributed by atoms with Gasteiger partial charge in [0, 0.05) is 26.2 Å². The predicted molar refractivity (Wildman–Crippen MR) is 110 cm³/mol. The molecule has 0 aliphatic carbocycles. The minimum Gasteiger partial charge on any atom is -0.480 e. The van der Waals surface area contributed by atoms with Gasteiger partial charge in [-0.05, 0) is 31.2 Å². The molecular formula is C20H20ClFN6O2. The average Bonchev–Trinajstić information content (AvgIpc) is 3.07. The van der Waals surface area contributed by atoms with E-state index in [-0.39, 0.29) is 16.9 Å². The summed E-state index contributed by atoms with van der Waals surface area (Å²) in [5.41, 5.74) is 1.47. The van der Waals surface area contributed by atoms with Crippen LogP contribution < -0.4 is 9.64 Å². The third-order valence-electron chi connectivity index (χ3n) is 4.99. The average molecular weight is 431 g/mol. The first-order valence-electron chi connectivity index (χ1n) is 9.39. The van der Waals surface area contributed by atoms with E-state index in [0.717, 1.165) is 0 Å². The number of benzene rings is 1. The Balaban J connectivity index is 1.50. The number of hydrogen-bond acceptors (Lipinski definition) is 6. The van der Waals surface area contributed by atoms with E-state index >= 15 is 0 Å². The van der Waals surface area contributed by atoms with Crippen LogP contribution in [0.3, 0.4) is 0 Å². The molecule has 156 valence electrons. The molecule has 0 atom stereocenters. The first-order chi connectivity index (χ1) is 14.5. The fourth-order valence-electron chi connectivity index (χ4n) is 3.38. The number of hydrogen-bond donors (Lipinski definition) is 0. The Bertz CT molecular complexity index is 1060. The number of carbonyl (C=O) groups is 1. The van der Waals surface area contributed by atoms with Crippen molar-refractivity contribution in [1.82, 2.24) is 24.6 Å². The van der Waals surface area contributed by atoms with Crippen molar-refractivity contribution in [2.75, 3.05) is 38.2 Å². The molecule has 2 aromatic heterocycles. The fourth-order valence-corrected chi connectivity index (χ4v) is 3.73. The summed E-state index contributed by atoms with van der Waals surface area (Å²) in [6.07, 6.45) is 3.22. The van der Waals surface area contributed by atoms with Crippen molar-refractivity contribution in [3.8, 4) is 11.6 Å². The van der Waals surface area contributed by atoms with Gasteiger partial charge in [0.25, 0.3) is 5.91 Å². The molecule has 3 aromatic rings. The molecule has 1 fully saturated rings. The molecule has 1 aromatic carbocycles. The van der Waals surface area contributed by atoms with Crippen LogP contribution in [0, 0.1) is 12.7 Å². The van der Waals surface area contributed by atoms with Crippen molar-refractivity contribution < 1.29 is 13.9 Å². The first kappa shape index (κ1) is 20.1. The van der Waals surface area contributed by atoms with Gasteiger partial charge in [-0.15, -0.1) is 0 Å². The monoisotopic (exact) mass is 430 g/mol. The highest BCUT2D eigenvalue weighted by Crippen LogP contribution is 2.26. The second kappa shape index (κ2) is 8.27. The minimum absolute atomic E-state index is 0.178. The molecule has 0 saturated carbocycles. The maximum Gasteiger partial charge on any atom is 0.259 e. The second-order valence-electron chi connectivity index (χ2n) is 6.84. The molecule has 0 radical (unpaired) electrons. The van der Waals surface area contributed by atoms with Crippen LogP contribution in [0.5, 0.6) is 5.88 Å². The van der Waals surface area contributed by atoms with Crippen LogP contribution >= 0.6 is 11.6 Å². The maximum atomic E-state index is 13.2. The number of carbonyl (C=O) groups excluding carboxylic acids is 1. The summed E-state index contributed by atoms with van der Waals surface area (Å²) < 4.78 is 19.8. The summed E-state index contributed by atoms with van der Waals surface area (Å²) in [5, 5.41) is 4.59. The summed E-state index contributed by atoms with van der Waals surface area (Å²) in [7, 11) is 1.54. The Hall–Kier alpha value is -3.20. The SMILES string of the molecule is COc1cncc(N2CCN(C(=O)c3c(C)nn(-c4ccc(F)cc4)c3Cl)CC2)n1. The van der Waals surface area contributed by atoms with Crippen molar-refractivity contribution in [3.05, 3.63) is 58.9 Å². The van der Waals surface area contributed by atoms with Crippen molar-refractivity contribution in [1.29, 1.82) is 0 Å². The van der Waals surface area contributed by atoms with Crippen LogP contribution in [-0.2, 0) is 0 Å². The first-order valence-corrected chi connectivity index (χ1v) is 9.77. The van der Waals surface area contributed by atoms with E-state index in [0.29, 0.717) is 54.8 Å². The molecule has 0 unspecified atom stereocenters. The number of halogens is 2. The minimum atomic E-state index is -0.353. The summed E-state index contributed by atoms with van der Waals surface area (Å²) >= 11 is 6.49. The van der Waals surface area contributed by atoms with Crippen LogP contribution in [0.15, 0.2) is 36.7 Å². The number of nitrogens with zero attached hydrogens (tertiary/aromatic N) is 6. The van der Waals surface area contributed by atoms with Gasteiger partial charge in [-0.2, -0.15) is 10.1 Å². The van der Waals surface area contributed by atoms with Gasteiger partial charge in [0.05, 0.1) is 36.4 Å². The van der Waals surface area contributed by atoms with Gasteiger partial charge >= 0.3 is 0 Å². The summed E-state index contributed by atoms with van der Waals surface area (Å²) in [5.74, 6) is 0.622. The van der Waals surface area contributed by atoms with Crippen LogP contribution in [0.1, 0.15) is 16.1 Å². The van der Waals surface area contributed by atoms with Gasteiger partial charge in [0.15, 0.2) is 5.82 Å². The molecule has 0 spiro atoms. The molecule has 10 heteroatoms. The Morgan fingerprint density at radius 3 is 2.50 bits per heavy atom. The quantitative estimate of drug-likeness (QED) is 0.633. The van der Waals surface area contributed by atoms with E-state index < -0.39 is 0 Å². The highest BCUT2D eigenvalue weighted by atomic mass is 35.5. The molecule has 0 N–H and O–H groups in total. The molecule has 30 heavy (non-hydrogen) atoms. The molecule has 1 amide bonds. The number of rotatable bonds is 4. The van der Waals surface area contributed by atoms with Crippen molar-refractivity contribution in [3.63, 3.8) is 0 Å². The smallest absolute Gasteiger partial charge is 0.259 e. The molecule has 1 saturated heterocycles. The Morgan fingerprint density at radius 1 is 1.13 bits per heavy atom. The number of aryl methyl sites for hydroxylation is 1. The molecular weight excluding hydrogens is 411 g/mol. The van der Waals surface area contributed by atoms with Crippen molar-refractivity contribution in [2.45, 2.75) is 6.92 Å². The Labute approximate surface area is 177 Å². The van der Waals surface area contributed by atoms with E-state index in [1.807, 2.05) is 0 Å². The lowest BCUT2D eigenvalue weighted by molar-refractivity contribution is 0.0746. The molecule has 1 aliphatic heterocycles. The van der Waals surface area contributed by atoms with Crippen LogP contribution in [0.25, 0.3) is 5.69 Å². The van der Waals surface area contributed by atoms with E-state index in [9.17, 15) is 9.18 Å². The summed E-state index contributed by atoms with van der Waals surface area (Å²) in [4.78, 5) is 25.5. The number of anilines is 1. The van der Waals surface area contributed by atoms with E-state index in [4.69, 9.17) is 16.3 Å². The van der Waals surface area contributed by atoms with Gasteiger partial charge in [0.2, 0.25) is 5.88 Å². The van der Waals surface area contributed by atoms with Gasteiger partial charge < -0.3 is 14.5 Å². The van der Waals surface area contributed by atoms with E-state index in [1.54, 1.807) is 43.5 Å². The number of aromatic nitrogens is 4. The van der Waals surface area contributed by atoms with Crippen LogP contribution in [0.4, 0.5) is 10.2 Å². The van der Waals surface area contributed by atoms with Crippen LogP contribution in [-0.4, -0.2) is 63.8 Å². The molecule has 3 heterocycles. The standard InChI is InChI=1S/C20H20ClFN6O2/c1-13-18(19(21)28(25-13)15-5-3-14(22)4-6-15)20(29)27-9-7-26(8-10-27)16-11-23-12-17(24-16)30-2/h3-6,11-12H,7-10H2,1-2H3. The third kappa shape index (κ3) is 3.80. The Morgan fingerprint density at radius 2 is 1.83 bits per heavy atom. The maximum absolute atomic E-state index is 13.2. The van der Waals surface area contributed by atoms with E-state index in [1.165, 1.54) is 16.8 Å². The number of ether oxygens (including phenoxy) is 1. The Kier molecular flexibility index (Phi) is 5.54. The molecule has 1 aliphatic rings. The number of methoxy groups -OCH3 is 1. The molecule has 8 nitrogen and oxygen atoms in total. The highest BCUT2D eigenvalue weighted by Gasteiger charge is 2.28. The lowest BCUT2D eigenvalue weighted by Gasteiger charge is -2.35. The van der Waals surface area contributed by atoms with Gasteiger partial charge in [-0.1, -0.05) is 11.6 Å². The highest BCUT2D eigenvalue weighted by molar-refractivity contribution is 6.33. The third-order valence-corrected chi connectivity index (χ3v) is 5.34. The second-order valence-corrected chi connectivity index (χ2v) is 7.20. The van der Waals surface area contributed by atoms with E-state index in [2.05, 4.69) is 20.0 Å². The summed E-state index contributed by atoms with van der Waals surface area (Å²) in [6.45, 7) is 3.97.